The predicted molar refractivity (Wildman–Crippen MR) is 112 cm³/mol. The number of rotatable bonds is 5. The standard InChI is InChI=1S/C22H20N6O/c1-22(8-9-22)19-7-6-16(13-24-19)27-21(29)17-3-2-10-23-20(17)26-15-5-4-14-12-25-28-18(14)11-15/h2-7,10-13H,8-9H2,1H3,(H,23,26)(H,25,28)(H,27,29). The first kappa shape index (κ1) is 17.4. The van der Waals surface area contributed by atoms with Crippen LogP contribution in [-0.2, 0) is 5.41 Å². The number of aromatic amines is 1. The van der Waals surface area contributed by atoms with Crippen LogP contribution in [0.2, 0.25) is 0 Å². The third kappa shape index (κ3) is 3.42. The second-order valence-corrected chi connectivity index (χ2v) is 7.64. The summed E-state index contributed by atoms with van der Waals surface area (Å²) in [4.78, 5) is 21.7. The van der Waals surface area contributed by atoms with Crippen LogP contribution in [0.4, 0.5) is 17.2 Å². The zero-order valence-corrected chi connectivity index (χ0v) is 15.9. The number of carbonyl (C=O) groups excluding carboxylic acids is 1. The number of nitrogens with zero attached hydrogens (tertiary/aromatic N) is 3. The molecule has 4 aromatic rings. The predicted octanol–water partition coefficient (Wildman–Crippen LogP) is 4.40. The first-order valence-corrected chi connectivity index (χ1v) is 9.54. The van der Waals surface area contributed by atoms with Crippen LogP contribution in [0.1, 0.15) is 35.8 Å². The van der Waals surface area contributed by atoms with Gasteiger partial charge in [0.2, 0.25) is 0 Å². The molecule has 1 aromatic carbocycles. The minimum absolute atomic E-state index is 0.207. The Labute approximate surface area is 167 Å². The quantitative estimate of drug-likeness (QED) is 0.474. The lowest BCUT2D eigenvalue weighted by Crippen LogP contribution is -2.15. The Morgan fingerprint density at radius 1 is 1.07 bits per heavy atom. The van der Waals surface area contributed by atoms with Gasteiger partial charge < -0.3 is 10.6 Å². The molecule has 7 heteroatoms. The van der Waals surface area contributed by atoms with Crippen LogP contribution in [0.15, 0.2) is 61.1 Å². The average Bonchev–Trinajstić information content (AvgIpc) is 3.31. The van der Waals surface area contributed by atoms with E-state index in [9.17, 15) is 4.79 Å². The fraction of sp³-hybridized carbons (Fsp3) is 0.182. The molecule has 1 saturated carbocycles. The van der Waals surface area contributed by atoms with E-state index in [0.717, 1.165) is 22.3 Å². The number of hydrogen-bond donors (Lipinski definition) is 3. The molecule has 0 aliphatic heterocycles. The van der Waals surface area contributed by atoms with Crippen LogP contribution in [0.3, 0.4) is 0 Å². The van der Waals surface area contributed by atoms with E-state index in [1.54, 1.807) is 30.7 Å². The van der Waals surface area contributed by atoms with Gasteiger partial charge in [-0.25, -0.2) is 4.98 Å². The summed E-state index contributed by atoms with van der Waals surface area (Å²) >= 11 is 0. The highest BCUT2D eigenvalue weighted by Crippen LogP contribution is 2.46. The third-order valence-corrected chi connectivity index (χ3v) is 5.40. The second kappa shape index (κ2) is 6.70. The summed E-state index contributed by atoms with van der Waals surface area (Å²) in [6.45, 7) is 2.21. The molecule has 0 unspecified atom stereocenters. The van der Waals surface area contributed by atoms with Crippen molar-refractivity contribution in [1.82, 2.24) is 20.2 Å². The normalized spacial score (nSPS) is 14.5. The lowest BCUT2D eigenvalue weighted by Gasteiger charge is -2.12. The molecule has 0 saturated heterocycles. The van der Waals surface area contributed by atoms with Crippen LogP contribution in [0.25, 0.3) is 10.9 Å². The molecule has 1 aliphatic rings. The number of pyridine rings is 2. The van der Waals surface area contributed by atoms with E-state index in [4.69, 9.17) is 0 Å². The highest BCUT2D eigenvalue weighted by Gasteiger charge is 2.40. The van der Waals surface area contributed by atoms with E-state index in [1.165, 1.54) is 12.8 Å². The SMILES string of the molecule is CC1(c2ccc(NC(=O)c3cccnc3Nc3ccc4cn[nH]c4c3)cn2)CC1. The minimum Gasteiger partial charge on any atom is -0.340 e. The average molecular weight is 384 g/mol. The number of H-pyrrole nitrogens is 1. The molecule has 1 amide bonds. The highest BCUT2D eigenvalue weighted by atomic mass is 16.1. The molecule has 1 aliphatic carbocycles. The molecule has 29 heavy (non-hydrogen) atoms. The zero-order valence-electron chi connectivity index (χ0n) is 15.9. The van der Waals surface area contributed by atoms with Gasteiger partial charge in [0, 0.05) is 28.4 Å². The molecule has 1 fully saturated rings. The van der Waals surface area contributed by atoms with Crippen LogP contribution in [0.5, 0.6) is 0 Å². The van der Waals surface area contributed by atoms with Gasteiger partial charge in [0.05, 0.1) is 29.2 Å². The third-order valence-electron chi connectivity index (χ3n) is 5.40. The number of benzene rings is 1. The Kier molecular flexibility index (Phi) is 4.01. The van der Waals surface area contributed by atoms with E-state index in [1.807, 2.05) is 30.3 Å². The smallest absolute Gasteiger partial charge is 0.259 e. The van der Waals surface area contributed by atoms with Crippen molar-refractivity contribution in [3.8, 4) is 0 Å². The van der Waals surface area contributed by atoms with Crippen molar-refractivity contribution in [2.45, 2.75) is 25.2 Å². The Hall–Kier alpha value is -3.74. The van der Waals surface area contributed by atoms with E-state index >= 15 is 0 Å². The first-order chi connectivity index (χ1) is 14.1. The van der Waals surface area contributed by atoms with Crippen LogP contribution in [0, 0.1) is 0 Å². The lowest BCUT2D eigenvalue weighted by atomic mass is 10.1. The second-order valence-electron chi connectivity index (χ2n) is 7.64. The topological polar surface area (TPSA) is 95.6 Å². The van der Waals surface area contributed by atoms with Gasteiger partial charge in [-0.2, -0.15) is 5.10 Å². The Morgan fingerprint density at radius 3 is 2.72 bits per heavy atom. The number of carbonyl (C=O) groups is 1. The summed E-state index contributed by atoms with van der Waals surface area (Å²) < 4.78 is 0. The number of fused-ring (bicyclic) bond motifs is 1. The molecular formula is C22H20N6O. The molecule has 0 atom stereocenters. The van der Waals surface area contributed by atoms with Crippen molar-refractivity contribution in [3.05, 3.63) is 72.3 Å². The van der Waals surface area contributed by atoms with Crippen molar-refractivity contribution >= 4 is 34.0 Å². The fourth-order valence-electron chi connectivity index (χ4n) is 3.31. The Bertz CT molecular complexity index is 1190. The van der Waals surface area contributed by atoms with Gasteiger partial charge >= 0.3 is 0 Å². The lowest BCUT2D eigenvalue weighted by molar-refractivity contribution is 0.102. The Balaban J connectivity index is 1.36. The van der Waals surface area contributed by atoms with Gasteiger partial charge in [0.25, 0.3) is 5.91 Å². The largest absolute Gasteiger partial charge is 0.340 e. The van der Waals surface area contributed by atoms with Gasteiger partial charge in [0.15, 0.2) is 0 Å². The van der Waals surface area contributed by atoms with Crippen LogP contribution in [-0.4, -0.2) is 26.1 Å². The summed E-state index contributed by atoms with van der Waals surface area (Å²) in [7, 11) is 0. The molecule has 0 spiro atoms. The van der Waals surface area contributed by atoms with Crippen molar-refractivity contribution in [2.24, 2.45) is 0 Å². The van der Waals surface area contributed by atoms with Gasteiger partial charge in [0.1, 0.15) is 5.82 Å². The molecule has 7 nitrogen and oxygen atoms in total. The zero-order chi connectivity index (χ0) is 19.8. The van der Waals surface area contributed by atoms with Gasteiger partial charge in [-0.05, 0) is 55.3 Å². The number of amides is 1. The Morgan fingerprint density at radius 2 is 1.93 bits per heavy atom. The van der Waals surface area contributed by atoms with Crippen molar-refractivity contribution in [2.75, 3.05) is 10.6 Å². The van der Waals surface area contributed by atoms with E-state index < -0.39 is 0 Å². The van der Waals surface area contributed by atoms with Gasteiger partial charge in [-0.3, -0.25) is 14.9 Å². The first-order valence-electron chi connectivity index (χ1n) is 9.54. The monoisotopic (exact) mass is 384 g/mol. The van der Waals surface area contributed by atoms with E-state index in [0.29, 0.717) is 17.1 Å². The summed E-state index contributed by atoms with van der Waals surface area (Å²) in [6.07, 6.45) is 7.47. The van der Waals surface area contributed by atoms with Gasteiger partial charge in [-0.15, -0.1) is 0 Å². The molecule has 0 bridgehead atoms. The van der Waals surface area contributed by atoms with Crippen LogP contribution < -0.4 is 10.6 Å². The number of hydrogen-bond acceptors (Lipinski definition) is 5. The molecule has 3 heterocycles. The summed E-state index contributed by atoms with van der Waals surface area (Å²) in [5, 5.41) is 14.1. The van der Waals surface area contributed by atoms with Crippen molar-refractivity contribution in [1.29, 1.82) is 0 Å². The van der Waals surface area contributed by atoms with Crippen molar-refractivity contribution < 1.29 is 4.79 Å². The summed E-state index contributed by atoms with van der Waals surface area (Å²) in [5.74, 6) is 0.245. The number of aromatic nitrogens is 4. The molecule has 0 radical (unpaired) electrons. The number of nitrogens with one attached hydrogen (secondary N) is 3. The minimum atomic E-state index is -0.240. The molecule has 144 valence electrons. The van der Waals surface area contributed by atoms with E-state index in [2.05, 4.69) is 37.7 Å². The summed E-state index contributed by atoms with van der Waals surface area (Å²) in [5.41, 5.74) is 4.13. The van der Waals surface area contributed by atoms with Crippen LogP contribution >= 0.6 is 0 Å². The highest BCUT2D eigenvalue weighted by molar-refractivity contribution is 6.07. The van der Waals surface area contributed by atoms with E-state index in [-0.39, 0.29) is 11.3 Å². The maximum Gasteiger partial charge on any atom is 0.259 e. The number of anilines is 3. The van der Waals surface area contributed by atoms with Crippen molar-refractivity contribution in [3.63, 3.8) is 0 Å². The van der Waals surface area contributed by atoms with Gasteiger partial charge in [-0.1, -0.05) is 6.92 Å². The molecule has 3 N–H and O–H groups in total. The maximum atomic E-state index is 12.9. The molecule has 5 rings (SSSR count). The molecular weight excluding hydrogens is 364 g/mol. The maximum absolute atomic E-state index is 12.9. The fourth-order valence-corrected chi connectivity index (χ4v) is 3.31. The molecule has 3 aromatic heterocycles. The summed E-state index contributed by atoms with van der Waals surface area (Å²) in [6, 6.07) is 13.2.